The minimum atomic E-state index is -4.50. The minimum Gasteiger partial charge on any atom is -0.506 e. The van der Waals surface area contributed by atoms with Gasteiger partial charge in [0.05, 0.1) is 16.8 Å². The number of alkyl halides is 3. The smallest absolute Gasteiger partial charge is 0.416 e. The number of allylic oxidation sites excluding steroid dienone is 1. The standard InChI is InChI=1S/C26H23F3N2O5/c1-14-17(24(35)23-19(32)4-3-5-20(23)33)10-11-18-22(14)25(36)31(13-21(34)30(18)2)12-15-6-8-16(9-7-15)26(27,28)29/h6-11,35H,3-5,12-13H2,1-2H3. The number of carbonyl (C=O) groups is 4. The molecular weight excluding hydrogens is 477 g/mol. The summed E-state index contributed by atoms with van der Waals surface area (Å²) in [7, 11) is 1.49. The second-order valence-electron chi connectivity index (χ2n) is 8.86. The fourth-order valence-corrected chi connectivity index (χ4v) is 4.50. The average Bonchev–Trinajstić information content (AvgIpc) is 2.90. The van der Waals surface area contributed by atoms with Gasteiger partial charge in [0.2, 0.25) is 5.91 Å². The van der Waals surface area contributed by atoms with Gasteiger partial charge in [0.1, 0.15) is 17.9 Å². The number of fused-ring (bicyclic) bond motifs is 1. The monoisotopic (exact) mass is 500 g/mol. The van der Waals surface area contributed by atoms with Crippen molar-refractivity contribution in [2.45, 2.75) is 38.9 Å². The molecule has 1 aliphatic carbocycles. The summed E-state index contributed by atoms with van der Waals surface area (Å²) in [6.45, 7) is 1.11. The van der Waals surface area contributed by atoms with E-state index < -0.39 is 40.9 Å². The average molecular weight is 500 g/mol. The number of aliphatic hydroxyl groups excluding tert-OH is 1. The SMILES string of the molecule is Cc1c(C(O)=C2C(=O)CCCC2=O)ccc2c1C(=O)N(Cc1ccc(C(F)(F)F)cc1)CC(=O)N2C. The van der Waals surface area contributed by atoms with E-state index in [1.807, 2.05) is 0 Å². The van der Waals surface area contributed by atoms with E-state index in [-0.39, 0.29) is 53.9 Å². The number of rotatable bonds is 3. The van der Waals surface area contributed by atoms with Gasteiger partial charge in [-0.2, -0.15) is 13.2 Å². The zero-order valence-electron chi connectivity index (χ0n) is 19.6. The molecule has 1 N–H and O–H groups in total. The Bertz CT molecular complexity index is 1290. The molecule has 0 saturated heterocycles. The molecule has 188 valence electrons. The van der Waals surface area contributed by atoms with Crippen LogP contribution in [0.25, 0.3) is 5.76 Å². The largest absolute Gasteiger partial charge is 0.506 e. The fraction of sp³-hybridized carbons (Fsp3) is 0.308. The van der Waals surface area contributed by atoms with Crippen LogP contribution in [0.4, 0.5) is 18.9 Å². The molecule has 0 atom stereocenters. The highest BCUT2D eigenvalue weighted by atomic mass is 19.4. The molecular formula is C26H23F3N2O5. The normalized spacial score (nSPS) is 16.9. The van der Waals surface area contributed by atoms with Crippen LogP contribution < -0.4 is 4.90 Å². The third-order valence-corrected chi connectivity index (χ3v) is 6.52. The Hall–Kier alpha value is -3.95. The summed E-state index contributed by atoms with van der Waals surface area (Å²) in [6.07, 6.45) is -3.83. The van der Waals surface area contributed by atoms with Crippen molar-refractivity contribution in [2.24, 2.45) is 0 Å². The van der Waals surface area contributed by atoms with E-state index in [4.69, 9.17) is 0 Å². The van der Waals surface area contributed by atoms with Crippen LogP contribution in [0.15, 0.2) is 42.0 Å². The highest BCUT2D eigenvalue weighted by Crippen LogP contribution is 2.35. The summed E-state index contributed by atoms with van der Waals surface area (Å²) in [5.74, 6) is -2.44. The number of nitrogens with zero attached hydrogens (tertiary/aromatic N) is 2. The first-order chi connectivity index (χ1) is 16.9. The second-order valence-corrected chi connectivity index (χ2v) is 8.86. The molecule has 1 saturated carbocycles. The summed E-state index contributed by atoms with van der Waals surface area (Å²) < 4.78 is 38.7. The highest BCUT2D eigenvalue weighted by Gasteiger charge is 2.34. The molecule has 2 aliphatic rings. The van der Waals surface area contributed by atoms with Gasteiger partial charge >= 0.3 is 6.18 Å². The maximum atomic E-state index is 13.6. The quantitative estimate of drug-likeness (QED) is 0.387. The van der Waals surface area contributed by atoms with E-state index in [9.17, 15) is 37.5 Å². The van der Waals surface area contributed by atoms with Gasteiger partial charge < -0.3 is 14.9 Å². The van der Waals surface area contributed by atoms with E-state index in [2.05, 4.69) is 0 Å². The number of carbonyl (C=O) groups excluding carboxylic acids is 4. The number of hydrogen-bond donors (Lipinski definition) is 1. The molecule has 7 nitrogen and oxygen atoms in total. The Morgan fingerprint density at radius 1 is 0.972 bits per heavy atom. The van der Waals surface area contributed by atoms with Crippen molar-refractivity contribution in [3.05, 3.63) is 69.8 Å². The van der Waals surface area contributed by atoms with Crippen molar-refractivity contribution in [2.75, 3.05) is 18.5 Å². The summed E-state index contributed by atoms with van der Waals surface area (Å²) >= 11 is 0. The van der Waals surface area contributed by atoms with Crippen molar-refractivity contribution in [1.29, 1.82) is 0 Å². The molecule has 1 heterocycles. The van der Waals surface area contributed by atoms with E-state index >= 15 is 0 Å². The number of anilines is 1. The first-order valence-corrected chi connectivity index (χ1v) is 11.3. The minimum absolute atomic E-state index is 0.0932. The van der Waals surface area contributed by atoms with E-state index in [0.29, 0.717) is 12.0 Å². The van der Waals surface area contributed by atoms with Gasteiger partial charge in [-0.05, 0) is 48.7 Å². The zero-order valence-corrected chi connectivity index (χ0v) is 19.6. The number of ketones is 2. The molecule has 1 aliphatic heterocycles. The number of Topliss-reactive ketones (excluding diaryl/α,β-unsaturated/α-hetero) is 2. The molecule has 10 heteroatoms. The van der Waals surface area contributed by atoms with Crippen LogP contribution in [0.5, 0.6) is 0 Å². The maximum Gasteiger partial charge on any atom is 0.416 e. The topological polar surface area (TPSA) is 95.0 Å². The lowest BCUT2D eigenvalue weighted by atomic mass is 9.88. The third kappa shape index (κ3) is 4.50. The lowest BCUT2D eigenvalue weighted by Crippen LogP contribution is -2.37. The third-order valence-electron chi connectivity index (χ3n) is 6.52. The van der Waals surface area contributed by atoms with Crippen LogP contribution in [-0.2, 0) is 27.1 Å². The number of benzene rings is 2. The Balaban J connectivity index is 1.76. The highest BCUT2D eigenvalue weighted by molar-refractivity contribution is 6.26. The summed E-state index contributed by atoms with van der Waals surface area (Å²) in [5, 5.41) is 10.9. The summed E-state index contributed by atoms with van der Waals surface area (Å²) in [6, 6.07) is 7.22. The molecule has 0 spiro atoms. The number of likely N-dealkylation sites (N-methyl/N-ethyl adjacent to an activating group) is 1. The lowest BCUT2D eigenvalue weighted by molar-refractivity contribution is -0.137. The zero-order chi connectivity index (χ0) is 26.4. The molecule has 2 aromatic carbocycles. The summed E-state index contributed by atoms with van der Waals surface area (Å²) in [5.41, 5.74) is 0.0377. The molecule has 0 aromatic heterocycles. The van der Waals surface area contributed by atoms with Gasteiger partial charge in [-0.1, -0.05) is 12.1 Å². The van der Waals surface area contributed by atoms with Crippen molar-refractivity contribution < 1.29 is 37.5 Å². The molecule has 1 fully saturated rings. The second kappa shape index (κ2) is 9.25. The number of aliphatic hydroxyl groups is 1. The lowest BCUT2D eigenvalue weighted by Gasteiger charge is -2.22. The summed E-state index contributed by atoms with van der Waals surface area (Å²) in [4.78, 5) is 53.6. The van der Waals surface area contributed by atoms with Gasteiger partial charge in [-0.15, -0.1) is 0 Å². The molecule has 0 radical (unpaired) electrons. The van der Waals surface area contributed by atoms with Crippen molar-refractivity contribution in [1.82, 2.24) is 4.90 Å². The van der Waals surface area contributed by atoms with Crippen molar-refractivity contribution >= 4 is 34.8 Å². The molecule has 4 rings (SSSR count). The van der Waals surface area contributed by atoms with Crippen molar-refractivity contribution in [3.63, 3.8) is 0 Å². The van der Waals surface area contributed by atoms with Crippen LogP contribution >= 0.6 is 0 Å². The number of amides is 2. The van der Waals surface area contributed by atoms with Crippen LogP contribution in [0, 0.1) is 6.92 Å². The van der Waals surface area contributed by atoms with Crippen molar-refractivity contribution in [3.8, 4) is 0 Å². The Labute approximate surface area is 204 Å². The van der Waals surface area contributed by atoms with E-state index in [0.717, 1.165) is 12.1 Å². The van der Waals surface area contributed by atoms with Gasteiger partial charge in [-0.25, -0.2) is 0 Å². The first kappa shape index (κ1) is 25.2. The van der Waals surface area contributed by atoms with Gasteiger partial charge in [0, 0.05) is 32.0 Å². The van der Waals surface area contributed by atoms with Gasteiger partial charge in [-0.3, -0.25) is 19.2 Å². The van der Waals surface area contributed by atoms with Gasteiger partial charge in [0.15, 0.2) is 11.6 Å². The maximum absolute atomic E-state index is 13.6. The molecule has 2 amide bonds. The van der Waals surface area contributed by atoms with Crippen LogP contribution in [-0.4, -0.2) is 47.0 Å². The Morgan fingerprint density at radius 2 is 1.58 bits per heavy atom. The fourth-order valence-electron chi connectivity index (χ4n) is 4.50. The predicted molar refractivity (Wildman–Crippen MR) is 124 cm³/mol. The molecule has 36 heavy (non-hydrogen) atoms. The molecule has 0 bridgehead atoms. The predicted octanol–water partition coefficient (Wildman–Crippen LogP) is 4.22. The first-order valence-electron chi connectivity index (χ1n) is 11.3. The Morgan fingerprint density at radius 3 is 2.17 bits per heavy atom. The van der Waals surface area contributed by atoms with E-state index in [1.165, 1.54) is 41.1 Å². The van der Waals surface area contributed by atoms with Crippen LogP contribution in [0.3, 0.4) is 0 Å². The van der Waals surface area contributed by atoms with Crippen LogP contribution in [0.1, 0.15) is 51.9 Å². The number of hydrogen-bond acceptors (Lipinski definition) is 5. The molecule has 2 aromatic rings. The van der Waals surface area contributed by atoms with Crippen LogP contribution in [0.2, 0.25) is 0 Å². The van der Waals surface area contributed by atoms with Gasteiger partial charge in [0.25, 0.3) is 5.91 Å². The Kier molecular flexibility index (Phi) is 6.46. The van der Waals surface area contributed by atoms with E-state index in [1.54, 1.807) is 6.92 Å². The molecule has 0 unspecified atom stereocenters. The number of halogens is 3.